The van der Waals surface area contributed by atoms with E-state index in [-0.39, 0.29) is 0 Å². The molecule has 28 heavy (non-hydrogen) atoms. The molecule has 0 saturated heterocycles. The van der Waals surface area contributed by atoms with E-state index in [0.29, 0.717) is 5.82 Å². The van der Waals surface area contributed by atoms with Crippen molar-refractivity contribution in [3.05, 3.63) is 84.9 Å². The predicted octanol–water partition coefficient (Wildman–Crippen LogP) is 5.49. The molecule has 138 valence electrons. The van der Waals surface area contributed by atoms with Crippen LogP contribution in [0.1, 0.15) is 0 Å². The van der Waals surface area contributed by atoms with Crippen molar-refractivity contribution in [3.63, 3.8) is 0 Å². The van der Waals surface area contributed by atoms with Crippen LogP contribution in [-0.4, -0.2) is 24.2 Å². The van der Waals surface area contributed by atoms with Gasteiger partial charge in [-0.1, -0.05) is 30.3 Å². The summed E-state index contributed by atoms with van der Waals surface area (Å²) in [5.41, 5.74) is 4.72. The Balaban J connectivity index is 1.84. The lowest BCUT2D eigenvalue weighted by Crippen LogP contribution is -1.96. The molecule has 0 amide bonds. The molecular formula is C24H20N2O2. The van der Waals surface area contributed by atoms with Crippen LogP contribution in [0.15, 0.2) is 84.9 Å². The third kappa shape index (κ3) is 3.71. The largest absolute Gasteiger partial charge is 0.497 e. The quantitative estimate of drug-likeness (QED) is 0.467. The molecule has 0 bridgehead atoms. The highest BCUT2D eigenvalue weighted by molar-refractivity contribution is 5.72. The third-order valence-electron chi connectivity index (χ3n) is 4.53. The van der Waals surface area contributed by atoms with E-state index in [1.54, 1.807) is 14.2 Å². The molecule has 4 aromatic rings. The van der Waals surface area contributed by atoms with Crippen LogP contribution >= 0.6 is 0 Å². The van der Waals surface area contributed by atoms with Crippen LogP contribution in [0, 0.1) is 0 Å². The van der Waals surface area contributed by atoms with Gasteiger partial charge in [-0.2, -0.15) is 0 Å². The van der Waals surface area contributed by atoms with Gasteiger partial charge in [0.2, 0.25) is 0 Å². The molecule has 0 atom stereocenters. The molecule has 0 fully saturated rings. The fourth-order valence-corrected chi connectivity index (χ4v) is 2.98. The summed E-state index contributed by atoms with van der Waals surface area (Å²) in [5, 5.41) is 0. The van der Waals surface area contributed by atoms with E-state index in [2.05, 4.69) is 0 Å². The van der Waals surface area contributed by atoms with Gasteiger partial charge in [0.15, 0.2) is 5.82 Å². The van der Waals surface area contributed by atoms with Gasteiger partial charge in [-0.25, -0.2) is 9.97 Å². The van der Waals surface area contributed by atoms with Crippen molar-refractivity contribution in [3.8, 4) is 45.4 Å². The highest BCUT2D eigenvalue weighted by Crippen LogP contribution is 2.29. The number of benzene rings is 3. The van der Waals surface area contributed by atoms with Crippen LogP contribution in [0.3, 0.4) is 0 Å². The Morgan fingerprint density at radius 1 is 0.536 bits per heavy atom. The van der Waals surface area contributed by atoms with Crippen molar-refractivity contribution in [1.82, 2.24) is 9.97 Å². The smallest absolute Gasteiger partial charge is 0.160 e. The molecule has 4 rings (SSSR count). The third-order valence-corrected chi connectivity index (χ3v) is 4.53. The molecule has 0 saturated carbocycles. The van der Waals surface area contributed by atoms with Gasteiger partial charge in [-0.05, 0) is 54.6 Å². The van der Waals surface area contributed by atoms with Crippen molar-refractivity contribution in [1.29, 1.82) is 0 Å². The minimum Gasteiger partial charge on any atom is -0.497 e. The number of rotatable bonds is 5. The van der Waals surface area contributed by atoms with Crippen LogP contribution in [0.4, 0.5) is 0 Å². The number of hydrogen-bond donors (Lipinski definition) is 0. The molecule has 0 aliphatic heterocycles. The van der Waals surface area contributed by atoms with Crippen molar-refractivity contribution in [2.45, 2.75) is 0 Å². The lowest BCUT2D eigenvalue weighted by molar-refractivity contribution is 0.415. The van der Waals surface area contributed by atoms with Gasteiger partial charge in [-0.15, -0.1) is 0 Å². The van der Waals surface area contributed by atoms with Gasteiger partial charge >= 0.3 is 0 Å². The average Bonchev–Trinajstić information content (AvgIpc) is 2.79. The van der Waals surface area contributed by atoms with Crippen molar-refractivity contribution >= 4 is 0 Å². The number of ether oxygens (including phenoxy) is 2. The second-order valence-electron chi connectivity index (χ2n) is 6.29. The second kappa shape index (κ2) is 7.92. The molecule has 0 unspecified atom stereocenters. The molecule has 0 radical (unpaired) electrons. The monoisotopic (exact) mass is 368 g/mol. The number of hydrogen-bond acceptors (Lipinski definition) is 4. The van der Waals surface area contributed by atoms with E-state index >= 15 is 0 Å². The van der Waals surface area contributed by atoms with E-state index in [4.69, 9.17) is 19.4 Å². The van der Waals surface area contributed by atoms with Crippen LogP contribution < -0.4 is 9.47 Å². The van der Waals surface area contributed by atoms with Crippen molar-refractivity contribution in [2.75, 3.05) is 14.2 Å². The van der Waals surface area contributed by atoms with E-state index in [0.717, 1.165) is 39.6 Å². The maximum atomic E-state index is 5.27. The van der Waals surface area contributed by atoms with Crippen LogP contribution in [0.5, 0.6) is 11.5 Å². The Labute approximate surface area is 164 Å². The normalized spacial score (nSPS) is 10.5. The standard InChI is InChI=1S/C24H20N2O2/c1-27-20-12-8-17(9-13-20)22-16-23(18-10-14-21(28-2)15-11-18)26-24(25-22)19-6-4-3-5-7-19/h3-16H,1-2H3. The van der Waals surface area contributed by atoms with E-state index in [1.165, 1.54) is 0 Å². The van der Waals surface area contributed by atoms with E-state index in [1.807, 2.05) is 84.9 Å². The van der Waals surface area contributed by atoms with Gasteiger partial charge < -0.3 is 9.47 Å². The van der Waals surface area contributed by atoms with Crippen LogP contribution in [-0.2, 0) is 0 Å². The van der Waals surface area contributed by atoms with Crippen LogP contribution in [0.2, 0.25) is 0 Å². The summed E-state index contributed by atoms with van der Waals surface area (Å²) in [4.78, 5) is 9.62. The first-order valence-electron chi connectivity index (χ1n) is 9.00. The Hall–Kier alpha value is -3.66. The average molecular weight is 368 g/mol. The van der Waals surface area contributed by atoms with Gasteiger partial charge in [0.1, 0.15) is 11.5 Å². The van der Waals surface area contributed by atoms with Gasteiger partial charge in [0.05, 0.1) is 25.6 Å². The molecule has 4 heteroatoms. The molecule has 0 N–H and O–H groups in total. The summed E-state index contributed by atoms with van der Waals surface area (Å²) in [5.74, 6) is 2.33. The highest BCUT2D eigenvalue weighted by Gasteiger charge is 2.10. The minimum atomic E-state index is 0.694. The first kappa shape index (κ1) is 17.7. The molecule has 4 nitrogen and oxygen atoms in total. The van der Waals surface area contributed by atoms with Gasteiger partial charge in [0, 0.05) is 16.7 Å². The van der Waals surface area contributed by atoms with Gasteiger partial charge in [0.25, 0.3) is 0 Å². The molecule has 1 heterocycles. The summed E-state index contributed by atoms with van der Waals surface area (Å²) >= 11 is 0. The molecule has 0 spiro atoms. The zero-order chi connectivity index (χ0) is 19.3. The SMILES string of the molecule is COc1ccc(-c2cc(-c3ccc(OC)cc3)nc(-c3ccccc3)n2)cc1. The highest BCUT2D eigenvalue weighted by atomic mass is 16.5. The number of aromatic nitrogens is 2. The predicted molar refractivity (Wildman–Crippen MR) is 111 cm³/mol. The minimum absolute atomic E-state index is 0.694. The van der Waals surface area contributed by atoms with E-state index in [9.17, 15) is 0 Å². The zero-order valence-electron chi connectivity index (χ0n) is 15.8. The number of nitrogens with zero attached hydrogens (tertiary/aromatic N) is 2. The lowest BCUT2D eigenvalue weighted by atomic mass is 10.1. The fraction of sp³-hybridized carbons (Fsp3) is 0.0833. The zero-order valence-corrected chi connectivity index (χ0v) is 15.8. The first-order valence-corrected chi connectivity index (χ1v) is 9.00. The maximum Gasteiger partial charge on any atom is 0.160 e. The lowest BCUT2D eigenvalue weighted by Gasteiger charge is -2.10. The second-order valence-corrected chi connectivity index (χ2v) is 6.29. The Bertz CT molecular complexity index is 994. The van der Waals surface area contributed by atoms with Crippen LogP contribution in [0.25, 0.3) is 33.9 Å². The number of methoxy groups -OCH3 is 2. The Morgan fingerprint density at radius 2 is 1.00 bits per heavy atom. The molecule has 0 aliphatic rings. The Morgan fingerprint density at radius 3 is 1.43 bits per heavy atom. The molecule has 3 aromatic carbocycles. The molecular weight excluding hydrogens is 348 g/mol. The fourth-order valence-electron chi connectivity index (χ4n) is 2.98. The molecule has 1 aromatic heterocycles. The van der Waals surface area contributed by atoms with E-state index < -0.39 is 0 Å². The first-order chi connectivity index (χ1) is 13.8. The van der Waals surface area contributed by atoms with Gasteiger partial charge in [-0.3, -0.25) is 0 Å². The Kier molecular flexibility index (Phi) is 5.02. The summed E-state index contributed by atoms with van der Waals surface area (Å²) < 4.78 is 10.5. The van der Waals surface area contributed by atoms with Crippen molar-refractivity contribution in [2.24, 2.45) is 0 Å². The summed E-state index contributed by atoms with van der Waals surface area (Å²) in [6.07, 6.45) is 0. The maximum absolute atomic E-state index is 5.27. The summed E-state index contributed by atoms with van der Waals surface area (Å²) in [6, 6.07) is 27.8. The summed E-state index contributed by atoms with van der Waals surface area (Å²) in [7, 11) is 3.32. The topological polar surface area (TPSA) is 44.2 Å². The van der Waals surface area contributed by atoms with Crippen molar-refractivity contribution < 1.29 is 9.47 Å². The molecule has 0 aliphatic carbocycles. The summed E-state index contributed by atoms with van der Waals surface area (Å²) in [6.45, 7) is 0.